The van der Waals surface area contributed by atoms with Crippen molar-refractivity contribution in [2.75, 3.05) is 18.3 Å². The van der Waals surface area contributed by atoms with Crippen LogP contribution in [0, 0.1) is 0 Å². The second-order valence-electron chi connectivity index (χ2n) is 9.61. The molecule has 0 bridgehead atoms. The number of hydrogen-bond acceptors (Lipinski definition) is 7. The summed E-state index contributed by atoms with van der Waals surface area (Å²) in [5, 5.41) is 13.3. The molecule has 0 amide bonds. The lowest BCUT2D eigenvalue weighted by Crippen LogP contribution is -2.37. The summed E-state index contributed by atoms with van der Waals surface area (Å²) in [4.78, 5) is 17.6. The van der Waals surface area contributed by atoms with E-state index < -0.39 is 30.2 Å². The molecule has 12 heteroatoms. The Morgan fingerprint density at radius 2 is 1.54 bits per heavy atom. The normalized spacial score (nSPS) is 11.8. The van der Waals surface area contributed by atoms with E-state index in [1.165, 1.54) is 26.0 Å². The van der Waals surface area contributed by atoms with E-state index in [1.54, 1.807) is 36.4 Å². The number of aliphatic carboxylic acids is 1. The number of benzene rings is 3. The van der Waals surface area contributed by atoms with E-state index in [4.69, 9.17) is 14.0 Å². The second kappa shape index (κ2) is 12.3. The van der Waals surface area contributed by atoms with Gasteiger partial charge in [-0.3, -0.25) is 0 Å². The van der Waals surface area contributed by atoms with E-state index in [1.807, 2.05) is 17.0 Å². The third-order valence-electron chi connectivity index (χ3n) is 6.16. The van der Waals surface area contributed by atoms with Crippen molar-refractivity contribution in [3.63, 3.8) is 0 Å². The summed E-state index contributed by atoms with van der Waals surface area (Å²) < 4.78 is 67.1. The number of carboxylic acids is 1. The first-order chi connectivity index (χ1) is 19.4. The molecule has 0 aliphatic carbocycles. The van der Waals surface area contributed by atoms with Crippen LogP contribution in [0.15, 0.2) is 77.3 Å². The SMILES string of the molecule is CC(C)(Oc1ccc(CCN(Cc2ccc(OCF)cc2)c2noc(-c3ccc(C(F)(F)F)cc3)n2)cc1)C(=O)O. The number of nitrogens with zero attached hydrogens (tertiary/aromatic N) is 3. The molecule has 0 spiro atoms. The highest BCUT2D eigenvalue weighted by molar-refractivity contribution is 5.76. The standard InChI is InChI=1S/C29H27F4N3O5/c1-28(2,26(37)38)40-24-13-3-19(4-14-24)15-16-36(17-20-5-11-23(12-6-20)39-18-30)27-34-25(41-35-27)21-7-9-22(10-8-21)29(31,32)33/h3-14H,15-18H2,1-2H3,(H,37,38). The largest absolute Gasteiger partial charge is 0.478 e. The van der Waals surface area contributed by atoms with Gasteiger partial charge in [0.15, 0.2) is 5.60 Å². The Morgan fingerprint density at radius 1 is 0.927 bits per heavy atom. The number of alkyl halides is 4. The average molecular weight is 574 g/mol. The Kier molecular flexibility index (Phi) is 8.80. The van der Waals surface area contributed by atoms with Gasteiger partial charge in [0.1, 0.15) is 11.5 Å². The number of hydrogen-bond donors (Lipinski definition) is 1. The maximum atomic E-state index is 12.9. The molecule has 3 aromatic carbocycles. The van der Waals surface area contributed by atoms with Gasteiger partial charge in [-0.05, 0) is 85.1 Å². The lowest BCUT2D eigenvalue weighted by Gasteiger charge is -2.22. The van der Waals surface area contributed by atoms with Crippen molar-refractivity contribution in [1.29, 1.82) is 0 Å². The Hall–Kier alpha value is -4.61. The van der Waals surface area contributed by atoms with Crippen molar-refractivity contribution < 1.29 is 41.5 Å². The fourth-order valence-electron chi connectivity index (χ4n) is 3.81. The molecule has 0 fully saturated rings. The number of rotatable bonds is 12. The molecule has 0 atom stereocenters. The topological polar surface area (TPSA) is 97.9 Å². The van der Waals surface area contributed by atoms with Crippen LogP contribution in [0.2, 0.25) is 0 Å². The average Bonchev–Trinajstić information content (AvgIpc) is 3.43. The van der Waals surface area contributed by atoms with Crippen LogP contribution < -0.4 is 14.4 Å². The van der Waals surface area contributed by atoms with Crippen LogP contribution in [0.4, 0.5) is 23.5 Å². The predicted octanol–water partition coefficient (Wildman–Crippen LogP) is 6.55. The highest BCUT2D eigenvalue weighted by Gasteiger charge is 2.30. The van der Waals surface area contributed by atoms with Crippen molar-refractivity contribution in [3.8, 4) is 23.0 Å². The Bertz CT molecular complexity index is 1440. The van der Waals surface area contributed by atoms with E-state index in [9.17, 15) is 27.5 Å². The summed E-state index contributed by atoms with van der Waals surface area (Å²) in [6.45, 7) is 2.74. The van der Waals surface area contributed by atoms with Gasteiger partial charge >= 0.3 is 12.1 Å². The van der Waals surface area contributed by atoms with Crippen LogP contribution >= 0.6 is 0 Å². The molecule has 1 heterocycles. The summed E-state index contributed by atoms with van der Waals surface area (Å²) in [6, 6.07) is 18.2. The molecule has 8 nitrogen and oxygen atoms in total. The summed E-state index contributed by atoms with van der Waals surface area (Å²) in [7, 11) is 0. The second-order valence-corrected chi connectivity index (χ2v) is 9.61. The lowest BCUT2D eigenvalue weighted by molar-refractivity contribution is -0.152. The van der Waals surface area contributed by atoms with Gasteiger partial charge in [-0.15, -0.1) is 0 Å². The molecule has 0 saturated heterocycles. The van der Waals surface area contributed by atoms with Crippen LogP contribution in [-0.2, 0) is 23.9 Å². The summed E-state index contributed by atoms with van der Waals surface area (Å²) in [5.41, 5.74) is -0.0626. The van der Waals surface area contributed by atoms with Gasteiger partial charge in [0, 0.05) is 18.7 Å². The fourth-order valence-corrected chi connectivity index (χ4v) is 3.81. The summed E-state index contributed by atoms with van der Waals surface area (Å²) in [6.07, 6.45) is -3.92. The van der Waals surface area contributed by atoms with Crippen molar-refractivity contribution >= 4 is 11.9 Å². The number of ether oxygens (including phenoxy) is 2. The molecule has 0 aliphatic rings. The third-order valence-corrected chi connectivity index (χ3v) is 6.16. The van der Waals surface area contributed by atoms with E-state index in [0.29, 0.717) is 36.6 Å². The van der Waals surface area contributed by atoms with Crippen LogP contribution in [0.5, 0.6) is 11.5 Å². The zero-order chi connectivity index (χ0) is 29.6. The van der Waals surface area contributed by atoms with Gasteiger partial charge in [0.05, 0.1) is 5.56 Å². The first-order valence-electron chi connectivity index (χ1n) is 12.5. The molecular weight excluding hydrogens is 546 g/mol. The zero-order valence-electron chi connectivity index (χ0n) is 22.2. The lowest BCUT2D eigenvalue weighted by atomic mass is 10.1. The minimum absolute atomic E-state index is 0.0629. The van der Waals surface area contributed by atoms with Gasteiger partial charge in [-0.1, -0.05) is 24.3 Å². The summed E-state index contributed by atoms with van der Waals surface area (Å²) >= 11 is 0. The van der Waals surface area contributed by atoms with Crippen LogP contribution in [0.25, 0.3) is 11.5 Å². The van der Waals surface area contributed by atoms with E-state index >= 15 is 0 Å². The molecule has 0 radical (unpaired) electrons. The molecule has 4 rings (SSSR count). The third kappa shape index (κ3) is 7.74. The number of carbonyl (C=O) groups is 1. The van der Waals surface area contributed by atoms with Crippen LogP contribution in [-0.4, -0.2) is 40.2 Å². The van der Waals surface area contributed by atoms with Crippen LogP contribution in [0.1, 0.15) is 30.5 Å². The highest BCUT2D eigenvalue weighted by Crippen LogP contribution is 2.31. The molecule has 41 heavy (non-hydrogen) atoms. The zero-order valence-corrected chi connectivity index (χ0v) is 22.2. The summed E-state index contributed by atoms with van der Waals surface area (Å²) in [5.74, 6) is -0.00864. The fraction of sp³-hybridized carbons (Fsp3) is 0.276. The van der Waals surface area contributed by atoms with Crippen LogP contribution in [0.3, 0.4) is 0 Å². The minimum Gasteiger partial charge on any atom is -0.478 e. The number of aromatic nitrogens is 2. The van der Waals surface area contributed by atoms with Gasteiger partial charge in [0.2, 0.25) is 6.86 Å². The molecule has 0 saturated carbocycles. The quantitative estimate of drug-likeness (QED) is 0.191. The first-order valence-corrected chi connectivity index (χ1v) is 12.5. The van der Waals surface area contributed by atoms with E-state index in [2.05, 4.69) is 10.1 Å². The van der Waals surface area contributed by atoms with Gasteiger partial charge in [0.25, 0.3) is 11.8 Å². The van der Waals surface area contributed by atoms with Crippen molar-refractivity contribution in [3.05, 3.63) is 89.5 Å². The molecule has 0 unspecified atom stereocenters. The molecular formula is C29H27F4N3O5. The number of halogens is 4. The van der Waals surface area contributed by atoms with Crippen molar-refractivity contribution in [2.24, 2.45) is 0 Å². The molecule has 216 valence electrons. The first kappa shape index (κ1) is 29.4. The van der Waals surface area contributed by atoms with E-state index in [0.717, 1.165) is 23.3 Å². The van der Waals surface area contributed by atoms with Gasteiger partial charge in [-0.2, -0.15) is 18.2 Å². The number of carboxylic acid groups (broad SMARTS) is 1. The Labute approximate surface area is 233 Å². The molecule has 1 aromatic heterocycles. The smallest absolute Gasteiger partial charge is 0.416 e. The van der Waals surface area contributed by atoms with Crippen molar-refractivity contribution in [1.82, 2.24) is 10.1 Å². The minimum atomic E-state index is -4.46. The van der Waals surface area contributed by atoms with E-state index in [-0.39, 0.29) is 11.8 Å². The Morgan fingerprint density at radius 3 is 2.12 bits per heavy atom. The predicted molar refractivity (Wildman–Crippen MR) is 141 cm³/mol. The molecule has 1 N–H and O–H groups in total. The maximum Gasteiger partial charge on any atom is 0.416 e. The Balaban J connectivity index is 1.52. The number of anilines is 1. The maximum absolute atomic E-state index is 12.9. The van der Waals surface area contributed by atoms with Gasteiger partial charge < -0.3 is 24.0 Å². The monoisotopic (exact) mass is 573 g/mol. The molecule has 4 aromatic rings. The van der Waals surface area contributed by atoms with Crippen molar-refractivity contribution in [2.45, 2.75) is 38.6 Å². The van der Waals surface area contributed by atoms with Gasteiger partial charge in [-0.25, -0.2) is 9.18 Å². The molecule has 0 aliphatic heterocycles. The highest BCUT2D eigenvalue weighted by atomic mass is 19.4.